The normalized spacial score (nSPS) is 14.2. The number of hydrogen-bond acceptors (Lipinski definition) is 4. The Bertz CT molecular complexity index is 893. The highest BCUT2D eigenvalue weighted by Crippen LogP contribution is 2.22. The largest absolute Gasteiger partial charge is 0.573 e. The number of ether oxygens (including phenoxy) is 1. The van der Waals surface area contributed by atoms with Gasteiger partial charge in [0.2, 0.25) is 11.8 Å². The molecule has 0 spiro atoms. The molecule has 1 fully saturated rings. The smallest absolute Gasteiger partial charge is 0.406 e. The molecule has 1 aliphatic rings. The maximum atomic E-state index is 12.2. The highest BCUT2D eigenvalue weighted by Gasteiger charge is 2.31. The van der Waals surface area contributed by atoms with Gasteiger partial charge in [0.1, 0.15) is 5.75 Å². The minimum Gasteiger partial charge on any atom is -0.406 e. The van der Waals surface area contributed by atoms with Gasteiger partial charge in [-0.25, -0.2) is 0 Å². The van der Waals surface area contributed by atoms with Crippen molar-refractivity contribution in [3.8, 4) is 5.75 Å². The SMILES string of the molecule is O=C(NCc1ccc(OC(F)(F)F)cc1)c1ccc(CN2C(=O)CCC2=O)cc1. The van der Waals surface area contributed by atoms with Gasteiger partial charge in [0, 0.05) is 24.9 Å². The van der Waals surface area contributed by atoms with Crippen LogP contribution in [0.25, 0.3) is 0 Å². The van der Waals surface area contributed by atoms with Crippen LogP contribution in [0.3, 0.4) is 0 Å². The number of amides is 3. The van der Waals surface area contributed by atoms with Crippen LogP contribution in [-0.2, 0) is 22.7 Å². The topological polar surface area (TPSA) is 75.7 Å². The summed E-state index contributed by atoms with van der Waals surface area (Å²) in [6.45, 7) is 0.301. The van der Waals surface area contributed by atoms with Crippen molar-refractivity contribution in [2.75, 3.05) is 0 Å². The summed E-state index contributed by atoms with van der Waals surface area (Å²) in [6.07, 6.45) is -4.30. The number of carbonyl (C=O) groups excluding carboxylic acids is 3. The van der Waals surface area contributed by atoms with Gasteiger partial charge in [0.05, 0.1) is 6.54 Å². The lowest BCUT2D eigenvalue weighted by molar-refractivity contribution is -0.274. The Morgan fingerprint density at radius 3 is 2.03 bits per heavy atom. The van der Waals surface area contributed by atoms with Gasteiger partial charge in [-0.3, -0.25) is 19.3 Å². The molecule has 1 saturated heterocycles. The molecule has 3 amide bonds. The van der Waals surface area contributed by atoms with E-state index in [1.54, 1.807) is 24.3 Å². The molecular formula is C20H17F3N2O4. The molecule has 0 aromatic heterocycles. The molecule has 9 heteroatoms. The molecule has 1 heterocycles. The van der Waals surface area contributed by atoms with Crippen molar-refractivity contribution in [3.63, 3.8) is 0 Å². The Kier molecular flexibility index (Phi) is 5.86. The highest BCUT2D eigenvalue weighted by molar-refractivity contribution is 6.01. The number of hydrogen-bond donors (Lipinski definition) is 1. The van der Waals surface area contributed by atoms with E-state index in [4.69, 9.17) is 0 Å². The zero-order valence-corrected chi connectivity index (χ0v) is 15.2. The van der Waals surface area contributed by atoms with Gasteiger partial charge in [-0.15, -0.1) is 13.2 Å². The van der Waals surface area contributed by atoms with Crippen molar-refractivity contribution >= 4 is 17.7 Å². The molecule has 1 aliphatic heterocycles. The van der Waals surface area contributed by atoms with E-state index in [1.165, 1.54) is 29.2 Å². The van der Waals surface area contributed by atoms with Crippen LogP contribution in [0.4, 0.5) is 13.2 Å². The van der Waals surface area contributed by atoms with Crippen molar-refractivity contribution in [2.45, 2.75) is 32.3 Å². The van der Waals surface area contributed by atoms with Gasteiger partial charge >= 0.3 is 6.36 Å². The Morgan fingerprint density at radius 1 is 0.931 bits per heavy atom. The second kappa shape index (κ2) is 8.34. The van der Waals surface area contributed by atoms with Gasteiger partial charge in [-0.1, -0.05) is 24.3 Å². The lowest BCUT2D eigenvalue weighted by Crippen LogP contribution is -2.28. The average Bonchev–Trinajstić information content (AvgIpc) is 2.98. The standard InChI is InChI=1S/C20H17F3N2O4/c21-20(22,23)29-16-7-3-13(4-8-16)11-24-19(28)15-5-1-14(2-6-15)12-25-17(26)9-10-18(25)27/h1-8H,9-12H2,(H,24,28). The summed E-state index contributed by atoms with van der Waals surface area (Å²) in [5.74, 6) is -1.11. The van der Waals surface area contributed by atoms with Gasteiger partial charge in [-0.2, -0.15) is 0 Å². The van der Waals surface area contributed by atoms with Gasteiger partial charge in [0.15, 0.2) is 0 Å². The van der Waals surface area contributed by atoms with Crippen LogP contribution in [0.15, 0.2) is 48.5 Å². The van der Waals surface area contributed by atoms with Crippen LogP contribution in [0, 0.1) is 0 Å². The molecule has 0 unspecified atom stereocenters. The van der Waals surface area contributed by atoms with Crippen LogP contribution in [0.1, 0.15) is 34.3 Å². The number of rotatable bonds is 6. The van der Waals surface area contributed by atoms with E-state index in [-0.39, 0.29) is 49.4 Å². The number of likely N-dealkylation sites (tertiary alicyclic amines) is 1. The van der Waals surface area contributed by atoms with Crippen molar-refractivity contribution in [1.29, 1.82) is 0 Å². The number of nitrogens with zero attached hydrogens (tertiary/aromatic N) is 1. The molecule has 6 nitrogen and oxygen atoms in total. The number of imide groups is 1. The quantitative estimate of drug-likeness (QED) is 0.748. The van der Waals surface area contributed by atoms with E-state index in [2.05, 4.69) is 10.1 Å². The summed E-state index contributed by atoms with van der Waals surface area (Å²) in [7, 11) is 0. The molecule has 0 saturated carbocycles. The van der Waals surface area contributed by atoms with E-state index in [0.29, 0.717) is 11.1 Å². The Morgan fingerprint density at radius 2 is 1.48 bits per heavy atom. The molecule has 0 atom stereocenters. The van der Waals surface area contributed by atoms with E-state index < -0.39 is 6.36 Å². The average molecular weight is 406 g/mol. The van der Waals surface area contributed by atoms with Crippen molar-refractivity contribution in [3.05, 3.63) is 65.2 Å². The first kappa shape index (κ1) is 20.4. The highest BCUT2D eigenvalue weighted by atomic mass is 19.4. The fraction of sp³-hybridized carbons (Fsp3) is 0.250. The first-order valence-electron chi connectivity index (χ1n) is 8.76. The Hall–Kier alpha value is -3.36. The maximum absolute atomic E-state index is 12.2. The van der Waals surface area contributed by atoms with E-state index in [1.807, 2.05) is 0 Å². The van der Waals surface area contributed by atoms with Crippen LogP contribution in [-0.4, -0.2) is 29.0 Å². The molecule has 2 aromatic rings. The summed E-state index contributed by atoms with van der Waals surface area (Å²) in [5, 5.41) is 2.67. The number of nitrogens with one attached hydrogen (secondary N) is 1. The Labute approximate surface area is 164 Å². The lowest BCUT2D eigenvalue weighted by Gasteiger charge is -2.14. The van der Waals surface area contributed by atoms with Gasteiger partial charge in [-0.05, 0) is 35.4 Å². The predicted octanol–water partition coefficient (Wildman–Crippen LogP) is 3.16. The molecular weight excluding hydrogens is 389 g/mol. The second-order valence-electron chi connectivity index (χ2n) is 6.44. The fourth-order valence-electron chi connectivity index (χ4n) is 2.84. The van der Waals surface area contributed by atoms with E-state index in [0.717, 1.165) is 5.56 Å². The first-order chi connectivity index (χ1) is 13.7. The fourth-order valence-corrected chi connectivity index (χ4v) is 2.84. The molecule has 1 N–H and O–H groups in total. The molecule has 152 valence electrons. The third-order valence-electron chi connectivity index (χ3n) is 4.32. The summed E-state index contributed by atoms with van der Waals surface area (Å²) in [5.41, 5.74) is 1.71. The summed E-state index contributed by atoms with van der Waals surface area (Å²) < 4.78 is 40.2. The molecule has 2 aromatic carbocycles. The van der Waals surface area contributed by atoms with Crippen molar-refractivity contribution < 1.29 is 32.3 Å². The van der Waals surface area contributed by atoms with Crippen LogP contribution in [0.5, 0.6) is 5.75 Å². The maximum Gasteiger partial charge on any atom is 0.573 e. The third kappa shape index (κ3) is 5.56. The summed E-state index contributed by atoms with van der Waals surface area (Å²) in [6, 6.07) is 11.7. The Balaban J connectivity index is 1.53. The zero-order chi connectivity index (χ0) is 21.0. The molecule has 3 rings (SSSR count). The minimum atomic E-state index is -4.75. The first-order valence-corrected chi connectivity index (χ1v) is 8.76. The van der Waals surface area contributed by atoms with Crippen LogP contribution < -0.4 is 10.1 Å². The number of halogens is 3. The predicted molar refractivity (Wildman–Crippen MR) is 95.5 cm³/mol. The van der Waals surface area contributed by atoms with Gasteiger partial charge in [0.25, 0.3) is 5.91 Å². The monoisotopic (exact) mass is 406 g/mol. The van der Waals surface area contributed by atoms with E-state index >= 15 is 0 Å². The number of benzene rings is 2. The molecule has 0 aliphatic carbocycles. The molecule has 0 bridgehead atoms. The summed E-state index contributed by atoms with van der Waals surface area (Å²) >= 11 is 0. The van der Waals surface area contributed by atoms with Crippen LogP contribution >= 0.6 is 0 Å². The summed E-state index contributed by atoms with van der Waals surface area (Å²) in [4.78, 5) is 36.7. The number of carbonyl (C=O) groups is 3. The molecule has 0 radical (unpaired) electrons. The minimum absolute atomic E-state index is 0.129. The van der Waals surface area contributed by atoms with Crippen molar-refractivity contribution in [1.82, 2.24) is 10.2 Å². The zero-order valence-electron chi connectivity index (χ0n) is 15.2. The third-order valence-corrected chi connectivity index (χ3v) is 4.32. The lowest BCUT2D eigenvalue weighted by atomic mass is 10.1. The second-order valence-corrected chi connectivity index (χ2v) is 6.44. The van der Waals surface area contributed by atoms with Gasteiger partial charge < -0.3 is 10.1 Å². The molecule has 29 heavy (non-hydrogen) atoms. The number of alkyl halides is 3. The van der Waals surface area contributed by atoms with Crippen molar-refractivity contribution in [2.24, 2.45) is 0 Å². The van der Waals surface area contributed by atoms with Crippen LogP contribution in [0.2, 0.25) is 0 Å². The van der Waals surface area contributed by atoms with E-state index in [9.17, 15) is 27.6 Å².